The van der Waals surface area contributed by atoms with Gasteiger partial charge in [0.15, 0.2) is 0 Å². The monoisotopic (exact) mass is 337 g/mol. The average molecular weight is 337 g/mol. The third-order valence-electron chi connectivity index (χ3n) is 5.24. The van der Waals surface area contributed by atoms with Crippen molar-refractivity contribution in [3.05, 3.63) is 71.3 Å². The Hall–Kier alpha value is -2.13. The van der Waals surface area contributed by atoms with Crippen LogP contribution in [0.2, 0.25) is 0 Å². The Morgan fingerprint density at radius 3 is 2.12 bits per heavy atom. The summed E-state index contributed by atoms with van der Waals surface area (Å²) >= 11 is 0. The second-order valence-corrected chi connectivity index (χ2v) is 7.26. The minimum atomic E-state index is -0.441. The molecule has 2 aromatic rings. The summed E-state index contributed by atoms with van der Waals surface area (Å²) in [7, 11) is 0. The number of hydrogen-bond donors (Lipinski definition) is 1. The molecule has 1 atom stereocenters. The van der Waals surface area contributed by atoms with Gasteiger partial charge >= 0.3 is 0 Å². The molecular formula is C22H27NO2. The van der Waals surface area contributed by atoms with Crippen LogP contribution in [0.4, 0.5) is 0 Å². The zero-order valence-electron chi connectivity index (χ0n) is 15.1. The molecule has 1 amide bonds. The number of carbonyl (C=O) groups excluding carboxylic acids is 1. The Kier molecular flexibility index (Phi) is 5.54. The fraction of sp³-hybridized carbons (Fsp3) is 0.409. The van der Waals surface area contributed by atoms with E-state index in [9.17, 15) is 9.90 Å². The topological polar surface area (TPSA) is 40.5 Å². The zero-order valence-corrected chi connectivity index (χ0v) is 15.1. The Bertz CT molecular complexity index is 686. The quantitative estimate of drug-likeness (QED) is 0.898. The van der Waals surface area contributed by atoms with E-state index in [4.69, 9.17) is 0 Å². The van der Waals surface area contributed by atoms with Crippen molar-refractivity contribution in [3.63, 3.8) is 0 Å². The third-order valence-corrected chi connectivity index (χ3v) is 5.24. The first-order valence-corrected chi connectivity index (χ1v) is 9.18. The van der Waals surface area contributed by atoms with Crippen LogP contribution in [0.25, 0.3) is 0 Å². The minimum absolute atomic E-state index is 0.1000. The maximum absolute atomic E-state index is 12.7. The molecule has 1 saturated heterocycles. The van der Waals surface area contributed by atoms with Gasteiger partial charge in [0.1, 0.15) is 0 Å². The number of carbonyl (C=O) groups is 1. The van der Waals surface area contributed by atoms with E-state index in [0.29, 0.717) is 19.0 Å². The summed E-state index contributed by atoms with van der Waals surface area (Å²) < 4.78 is 0. The summed E-state index contributed by atoms with van der Waals surface area (Å²) in [4.78, 5) is 14.6. The number of benzene rings is 2. The molecule has 3 heteroatoms. The van der Waals surface area contributed by atoms with Crippen molar-refractivity contribution >= 4 is 5.91 Å². The van der Waals surface area contributed by atoms with Crippen molar-refractivity contribution in [2.45, 2.75) is 38.7 Å². The van der Waals surface area contributed by atoms with Crippen molar-refractivity contribution in [2.24, 2.45) is 5.92 Å². The maximum Gasteiger partial charge on any atom is 0.253 e. The Balaban J connectivity index is 1.59. The summed E-state index contributed by atoms with van der Waals surface area (Å²) in [6, 6.07) is 17.8. The van der Waals surface area contributed by atoms with Crippen LogP contribution < -0.4 is 0 Å². The summed E-state index contributed by atoms with van der Waals surface area (Å²) in [6.07, 6.45) is 1.24. The zero-order chi connectivity index (χ0) is 17.8. The molecular weight excluding hydrogens is 310 g/mol. The number of aliphatic hydroxyl groups is 1. The van der Waals surface area contributed by atoms with Gasteiger partial charge in [-0.15, -0.1) is 0 Å². The molecule has 0 spiro atoms. The summed E-state index contributed by atoms with van der Waals surface area (Å²) in [5.41, 5.74) is 2.98. The van der Waals surface area contributed by atoms with Crippen molar-refractivity contribution in [3.8, 4) is 0 Å². The first-order valence-electron chi connectivity index (χ1n) is 9.18. The number of rotatable bonds is 4. The molecule has 0 unspecified atom stereocenters. The van der Waals surface area contributed by atoms with E-state index >= 15 is 0 Å². The number of nitrogens with zero attached hydrogens (tertiary/aromatic N) is 1. The van der Waals surface area contributed by atoms with Gasteiger partial charge in [0.05, 0.1) is 6.10 Å². The number of piperidine rings is 1. The standard InChI is InChI=1S/C22H27NO2/c1-16(2)17-8-10-20(11-9-17)22(25)23-14-12-19(13-15-23)21(24)18-6-4-3-5-7-18/h3-11,16,19,21,24H,12-15H2,1-2H3/t21-/m0/s1. The van der Waals surface area contributed by atoms with Crippen molar-refractivity contribution < 1.29 is 9.90 Å². The largest absolute Gasteiger partial charge is 0.388 e. The maximum atomic E-state index is 12.7. The smallest absolute Gasteiger partial charge is 0.253 e. The van der Waals surface area contributed by atoms with Gasteiger partial charge in [0, 0.05) is 18.7 Å². The molecule has 1 aliphatic heterocycles. The van der Waals surface area contributed by atoms with Gasteiger partial charge in [-0.05, 0) is 47.9 Å². The van der Waals surface area contributed by atoms with E-state index in [0.717, 1.165) is 24.0 Å². The van der Waals surface area contributed by atoms with Crippen LogP contribution in [0.1, 0.15) is 60.2 Å². The number of hydrogen-bond acceptors (Lipinski definition) is 2. The van der Waals surface area contributed by atoms with Crippen molar-refractivity contribution in [2.75, 3.05) is 13.1 Å². The Morgan fingerprint density at radius 1 is 0.960 bits per heavy atom. The highest BCUT2D eigenvalue weighted by molar-refractivity contribution is 5.94. The first-order chi connectivity index (χ1) is 12.1. The number of amides is 1. The Labute approximate surface area is 150 Å². The van der Waals surface area contributed by atoms with Gasteiger partial charge in [-0.1, -0.05) is 56.3 Å². The van der Waals surface area contributed by atoms with Crippen molar-refractivity contribution in [1.29, 1.82) is 0 Å². The lowest BCUT2D eigenvalue weighted by atomic mass is 9.87. The van der Waals surface area contributed by atoms with Crippen molar-refractivity contribution in [1.82, 2.24) is 4.90 Å². The van der Waals surface area contributed by atoms with Gasteiger partial charge in [-0.3, -0.25) is 4.79 Å². The van der Waals surface area contributed by atoms with Gasteiger partial charge in [0.2, 0.25) is 0 Å². The summed E-state index contributed by atoms with van der Waals surface area (Å²) in [5.74, 6) is 0.789. The molecule has 3 nitrogen and oxygen atoms in total. The molecule has 1 aliphatic rings. The highest BCUT2D eigenvalue weighted by atomic mass is 16.3. The molecule has 0 saturated carbocycles. The summed E-state index contributed by atoms with van der Waals surface area (Å²) in [6.45, 7) is 5.72. The molecule has 0 aliphatic carbocycles. The molecule has 2 aromatic carbocycles. The molecule has 25 heavy (non-hydrogen) atoms. The molecule has 1 N–H and O–H groups in total. The van der Waals surface area contributed by atoms with E-state index in [1.54, 1.807) is 0 Å². The van der Waals surface area contributed by atoms with E-state index in [1.165, 1.54) is 5.56 Å². The van der Waals surface area contributed by atoms with Crippen LogP contribution in [0, 0.1) is 5.92 Å². The fourth-order valence-corrected chi connectivity index (χ4v) is 3.53. The van der Waals surface area contributed by atoms with E-state index in [-0.39, 0.29) is 11.8 Å². The van der Waals surface area contributed by atoms with Crippen LogP contribution in [0.3, 0.4) is 0 Å². The third kappa shape index (κ3) is 4.10. The average Bonchev–Trinajstić information content (AvgIpc) is 2.67. The molecule has 1 heterocycles. The van der Waals surface area contributed by atoms with Crippen LogP contribution in [0.15, 0.2) is 54.6 Å². The fourth-order valence-electron chi connectivity index (χ4n) is 3.53. The molecule has 3 rings (SSSR count). The lowest BCUT2D eigenvalue weighted by Crippen LogP contribution is -2.39. The first kappa shape index (κ1) is 17.7. The minimum Gasteiger partial charge on any atom is -0.388 e. The lowest BCUT2D eigenvalue weighted by molar-refractivity contribution is 0.0462. The van der Waals surface area contributed by atoms with Gasteiger partial charge in [-0.25, -0.2) is 0 Å². The van der Waals surface area contributed by atoms with E-state index < -0.39 is 6.10 Å². The molecule has 132 valence electrons. The van der Waals surface area contributed by atoms with Crippen LogP contribution in [0.5, 0.6) is 0 Å². The SMILES string of the molecule is CC(C)c1ccc(C(=O)N2CCC([C@@H](O)c3ccccc3)CC2)cc1. The second-order valence-electron chi connectivity index (χ2n) is 7.26. The number of likely N-dealkylation sites (tertiary alicyclic amines) is 1. The Morgan fingerprint density at radius 2 is 1.56 bits per heavy atom. The van der Waals surface area contributed by atoms with E-state index in [1.807, 2.05) is 59.5 Å². The number of aliphatic hydroxyl groups excluding tert-OH is 1. The highest BCUT2D eigenvalue weighted by Gasteiger charge is 2.28. The van der Waals surface area contributed by atoms with Crippen LogP contribution >= 0.6 is 0 Å². The molecule has 0 radical (unpaired) electrons. The predicted octanol–water partition coefficient (Wildman–Crippen LogP) is 4.40. The molecule has 0 aromatic heterocycles. The van der Waals surface area contributed by atoms with Crippen LogP contribution in [-0.4, -0.2) is 29.0 Å². The second kappa shape index (κ2) is 7.83. The molecule has 0 bridgehead atoms. The highest BCUT2D eigenvalue weighted by Crippen LogP contribution is 2.31. The lowest BCUT2D eigenvalue weighted by Gasteiger charge is -2.34. The molecule has 1 fully saturated rings. The van der Waals surface area contributed by atoms with E-state index in [2.05, 4.69) is 13.8 Å². The summed E-state index contributed by atoms with van der Waals surface area (Å²) in [5, 5.41) is 10.6. The van der Waals surface area contributed by atoms with Gasteiger partial charge in [-0.2, -0.15) is 0 Å². The normalized spacial score (nSPS) is 16.9. The predicted molar refractivity (Wildman–Crippen MR) is 101 cm³/mol. The van der Waals surface area contributed by atoms with Gasteiger partial charge < -0.3 is 10.0 Å². The van der Waals surface area contributed by atoms with Crippen LogP contribution in [-0.2, 0) is 0 Å². The van der Waals surface area contributed by atoms with Gasteiger partial charge in [0.25, 0.3) is 5.91 Å².